The van der Waals surface area contributed by atoms with Crippen LogP contribution < -0.4 is 10.6 Å². The van der Waals surface area contributed by atoms with Gasteiger partial charge in [0.1, 0.15) is 0 Å². The number of aliphatic hydroxyl groups excluding tert-OH is 1. The van der Waals surface area contributed by atoms with Gasteiger partial charge in [0.25, 0.3) is 0 Å². The number of nitrogens with zero attached hydrogens (tertiary/aromatic N) is 4. The SMILES string of the molecule is NC(=NO)c1cnc(N2CCC(O)CC2)c([N+](=O)[O-])c1. The molecule has 1 saturated heterocycles. The van der Waals surface area contributed by atoms with Crippen LogP contribution in [0.3, 0.4) is 0 Å². The maximum atomic E-state index is 11.1. The molecule has 9 heteroatoms. The lowest BCUT2D eigenvalue weighted by molar-refractivity contribution is -0.384. The number of nitrogens with two attached hydrogens (primary N) is 1. The lowest BCUT2D eigenvalue weighted by Gasteiger charge is -2.30. The van der Waals surface area contributed by atoms with Crippen molar-refractivity contribution >= 4 is 17.3 Å². The van der Waals surface area contributed by atoms with Crippen molar-refractivity contribution in [1.82, 2.24) is 4.98 Å². The summed E-state index contributed by atoms with van der Waals surface area (Å²) < 4.78 is 0. The zero-order chi connectivity index (χ0) is 14.7. The number of oxime groups is 1. The second kappa shape index (κ2) is 5.70. The van der Waals surface area contributed by atoms with E-state index in [0.29, 0.717) is 25.9 Å². The van der Waals surface area contributed by atoms with Gasteiger partial charge >= 0.3 is 5.69 Å². The van der Waals surface area contributed by atoms with E-state index in [4.69, 9.17) is 10.9 Å². The van der Waals surface area contributed by atoms with Gasteiger partial charge in [-0.1, -0.05) is 5.16 Å². The van der Waals surface area contributed by atoms with Crippen LogP contribution in [0.2, 0.25) is 0 Å². The Bertz CT molecular complexity index is 540. The third-order valence-electron chi connectivity index (χ3n) is 3.21. The summed E-state index contributed by atoms with van der Waals surface area (Å²) in [5, 5.41) is 32.0. The van der Waals surface area contributed by atoms with E-state index in [2.05, 4.69) is 10.1 Å². The van der Waals surface area contributed by atoms with E-state index in [1.165, 1.54) is 12.3 Å². The third kappa shape index (κ3) is 2.77. The van der Waals surface area contributed by atoms with Crippen molar-refractivity contribution in [3.05, 3.63) is 27.9 Å². The highest BCUT2D eigenvalue weighted by molar-refractivity contribution is 5.97. The summed E-state index contributed by atoms with van der Waals surface area (Å²) in [4.78, 5) is 16.4. The minimum atomic E-state index is -0.554. The van der Waals surface area contributed by atoms with Crippen LogP contribution in [-0.2, 0) is 0 Å². The number of nitro groups is 1. The van der Waals surface area contributed by atoms with Crippen molar-refractivity contribution in [2.24, 2.45) is 10.9 Å². The van der Waals surface area contributed by atoms with Crippen LogP contribution in [0, 0.1) is 10.1 Å². The molecule has 20 heavy (non-hydrogen) atoms. The van der Waals surface area contributed by atoms with E-state index in [0.717, 1.165) is 0 Å². The highest BCUT2D eigenvalue weighted by Crippen LogP contribution is 2.28. The molecule has 0 spiro atoms. The number of hydrogen-bond donors (Lipinski definition) is 3. The van der Waals surface area contributed by atoms with Crippen LogP contribution in [0.1, 0.15) is 18.4 Å². The summed E-state index contributed by atoms with van der Waals surface area (Å²) in [6, 6.07) is 1.22. The van der Waals surface area contributed by atoms with Gasteiger partial charge in [-0.3, -0.25) is 10.1 Å². The van der Waals surface area contributed by atoms with E-state index in [9.17, 15) is 15.2 Å². The average Bonchev–Trinajstić information content (AvgIpc) is 2.46. The fourth-order valence-electron chi connectivity index (χ4n) is 2.10. The van der Waals surface area contributed by atoms with Crippen LogP contribution >= 0.6 is 0 Å². The maximum Gasteiger partial charge on any atom is 0.312 e. The highest BCUT2D eigenvalue weighted by atomic mass is 16.6. The van der Waals surface area contributed by atoms with Crippen LogP contribution in [-0.4, -0.2) is 45.3 Å². The van der Waals surface area contributed by atoms with Crippen molar-refractivity contribution in [2.45, 2.75) is 18.9 Å². The van der Waals surface area contributed by atoms with Crippen molar-refractivity contribution in [3.8, 4) is 0 Å². The van der Waals surface area contributed by atoms with Gasteiger partial charge in [0, 0.05) is 30.9 Å². The van der Waals surface area contributed by atoms with Gasteiger partial charge in [0.05, 0.1) is 11.0 Å². The van der Waals surface area contributed by atoms with Crippen molar-refractivity contribution in [1.29, 1.82) is 0 Å². The third-order valence-corrected chi connectivity index (χ3v) is 3.21. The molecule has 4 N–H and O–H groups in total. The Morgan fingerprint density at radius 1 is 1.55 bits per heavy atom. The molecule has 2 heterocycles. The molecular weight excluding hydrogens is 266 g/mol. The molecule has 1 fully saturated rings. The number of aromatic nitrogens is 1. The monoisotopic (exact) mass is 281 g/mol. The molecule has 0 bridgehead atoms. The van der Waals surface area contributed by atoms with Gasteiger partial charge < -0.3 is 20.9 Å². The van der Waals surface area contributed by atoms with Gasteiger partial charge in [0.15, 0.2) is 5.84 Å². The standard InChI is InChI=1S/C11H15N5O4/c12-10(14-18)7-5-9(16(19)20)11(13-6-7)15-3-1-8(17)2-4-15/h5-6,8,17-18H,1-4H2,(H2,12,14). The second-order valence-corrected chi connectivity index (χ2v) is 4.53. The predicted octanol–water partition coefficient (Wildman–Crippen LogP) is 0.0454. The largest absolute Gasteiger partial charge is 0.409 e. The summed E-state index contributed by atoms with van der Waals surface area (Å²) in [5.41, 5.74) is 5.38. The summed E-state index contributed by atoms with van der Waals surface area (Å²) in [5.74, 6) is -0.00222. The van der Waals surface area contributed by atoms with Crippen molar-refractivity contribution in [2.75, 3.05) is 18.0 Å². The number of aliphatic hydroxyl groups is 1. The molecule has 9 nitrogen and oxygen atoms in total. The van der Waals surface area contributed by atoms with Gasteiger partial charge in [-0.15, -0.1) is 0 Å². The van der Waals surface area contributed by atoms with E-state index >= 15 is 0 Å². The van der Waals surface area contributed by atoms with Gasteiger partial charge in [-0.25, -0.2) is 4.98 Å². The van der Waals surface area contributed by atoms with Crippen molar-refractivity contribution < 1.29 is 15.2 Å². The summed E-state index contributed by atoms with van der Waals surface area (Å²) in [6.45, 7) is 0.996. The zero-order valence-corrected chi connectivity index (χ0v) is 10.6. The number of pyridine rings is 1. The molecule has 0 atom stereocenters. The molecule has 1 aliphatic rings. The normalized spacial score (nSPS) is 17.2. The van der Waals surface area contributed by atoms with Crippen LogP contribution in [0.25, 0.3) is 0 Å². The Kier molecular flexibility index (Phi) is 3.99. The number of rotatable bonds is 3. The van der Waals surface area contributed by atoms with E-state index in [1.807, 2.05) is 0 Å². The fourth-order valence-corrected chi connectivity index (χ4v) is 2.10. The number of hydrogen-bond acceptors (Lipinski definition) is 7. The molecule has 0 aliphatic carbocycles. The summed E-state index contributed by atoms with van der Waals surface area (Å²) in [6.07, 6.45) is 2.03. The summed E-state index contributed by atoms with van der Waals surface area (Å²) >= 11 is 0. The highest BCUT2D eigenvalue weighted by Gasteiger charge is 2.26. The fraction of sp³-hybridized carbons (Fsp3) is 0.455. The Labute approximate surface area is 114 Å². The van der Waals surface area contributed by atoms with E-state index in [1.54, 1.807) is 4.90 Å². The van der Waals surface area contributed by atoms with Gasteiger partial charge in [0.2, 0.25) is 5.82 Å². The van der Waals surface area contributed by atoms with E-state index < -0.39 is 4.92 Å². The first-order valence-corrected chi connectivity index (χ1v) is 6.08. The quantitative estimate of drug-likeness (QED) is 0.234. The molecule has 1 aliphatic heterocycles. The van der Waals surface area contributed by atoms with Gasteiger partial charge in [-0.05, 0) is 12.8 Å². The Balaban J connectivity index is 2.35. The number of piperidine rings is 1. The number of anilines is 1. The molecule has 0 radical (unpaired) electrons. The van der Waals surface area contributed by atoms with Crippen molar-refractivity contribution in [3.63, 3.8) is 0 Å². The number of amidine groups is 1. The summed E-state index contributed by atoms with van der Waals surface area (Å²) in [7, 11) is 0. The molecule has 0 aromatic carbocycles. The Morgan fingerprint density at radius 2 is 2.20 bits per heavy atom. The first-order valence-electron chi connectivity index (χ1n) is 6.08. The second-order valence-electron chi connectivity index (χ2n) is 4.53. The van der Waals surface area contributed by atoms with Crippen LogP contribution in [0.5, 0.6) is 0 Å². The molecule has 1 aromatic heterocycles. The average molecular weight is 281 g/mol. The first kappa shape index (κ1) is 14.0. The molecule has 0 unspecified atom stereocenters. The molecular formula is C11H15N5O4. The van der Waals surface area contributed by atoms with E-state index in [-0.39, 0.29) is 29.0 Å². The molecule has 1 aromatic rings. The predicted molar refractivity (Wildman–Crippen MR) is 70.9 cm³/mol. The molecule has 108 valence electrons. The maximum absolute atomic E-state index is 11.1. The minimum absolute atomic E-state index is 0.181. The minimum Gasteiger partial charge on any atom is -0.409 e. The lowest BCUT2D eigenvalue weighted by atomic mass is 10.1. The Hall–Kier alpha value is -2.42. The zero-order valence-electron chi connectivity index (χ0n) is 10.6. The topological polar surface area (TPSA) is 138 Å². The molecule has 2 rings (SSSR count). The first-order chi connectivity index (χ1) is 9.52. The van der Waals surface area contributed by atoms with Gasteiger partial charge in [-0.2, -0.15) is 0 Å². The lowest BCUT2D eigenvalue weighted by Crippen LogP contribution is -2.36. The van der Waals surface area contributed by atoms with Crippen LogP contribution in [0.4, 0.5) is 11.5 Å². The molecule has 0 amide bonds. The smallest absolute Gasteiger partial charge is 0.312 e. The van der Waals surface area contributed by atoms with Crippen LogP contribution in [0.15, 0.2) is 17.4 Å². The molecule has 0 saturated carbocycles. The Morgan fingerprint density at radius 3 is 2.75 bits per heavy atom.